The maximum Gasteiger partial charge on any atom is 0.339 e. The molecule has 22 heavy (non-hydrogen) atoms. The first-order chi connectivity index (χ1) is 10.3. The van der Waals surface area contributed by atoms with Crippen molar-refractivity contribution in [1.29, 1.82) is 0 Å². The van der Waals surface area contributed by atoms with Gasteiger partial charge in [0.15, 0.2) is 0 Å². The average molecular weight is 324 g/mol. The molecular formula is C16H14F2O3S. The Kier molecular flexibility index (Phi) is 4.61. The highest BCUT2D eigenvalue weighted by atomic mass is 32.2. The molecule has 0 radical (unpaired) electrons. The smallest absolute Gasteiger partial charge is 0.339 e. The average Bonchev–Trinajstić information content (AvgIpc) is 2.46. The van der Waals surface area contributed by atoms with Gasteiger partial charge < -0.3 is 4.18 Å². The van der Waals surface area contributed by atoms with Gasteiger partial charge in [-0.1, -0.05) is 47.5 Å². The first kappa shape index (κ1) is 16.2. The summed E-state index contributed by atoms with van der Waals surface area (Å²) in [5, 5.41) is 0. The Labute approximate surface area is 128 Å². The van der Waals surface area contributed by atoms with Crippen LogP contribution in [0.5, 0.6) is 0 Å². The maximum atomic E-state index is 13.1. The van der Waals surface area contributed by atoms with Crippen LogP contribution in [-0.2, 0) is 14.3 Å². The highest BCUT2D eigenvalue weighted by Gasteiger charge is 2.22. The van der Waals surface area contributed by atoms with E-state index >= 15 is 0 Å². The molecule has 0 aliphatic carbocycles. The number of hydrogen-bond donors (Lipinski definition) is 0. The minimum atomic E-state index is -4.32. The first-order valence-corrected chi connectivity index (χ1v) is 7.84. The van der Waals surface area contributed by atoms with Gasteiger partial charge in [0.2, 0.25) is 5.76 Å². The van der Waals surface area contributed by atoms with E-state index < -0.39 is 22.0 Å². The van der Waals surface area contributed by atoms with Gasteiger partial charge in [-0.2, -0.15) is 17.2 Å². The molecule has 2 rings (SSSR count). The fourth-order valence-corrected chi connectivity index (χ4v) is 2.70. The van der Waals surface area contributed by atoms with Crippen molar-refractivity contribution in [2.24, 2.45) is 0 Å². The Morgan fingerprint density at radius 1 is 0.864 bits per heavy atom. The minimum absolute atomic E-state index is 0.00119. The van der Waals surface area contributed by atoms with Gasteiger partial charge in [0.1, 0.15) is 4.90 Å². The molecule has 0 unspecified atom stereocenters. The summed E-state index contributed by atoms with van der Waals surface area (Å²) in [6.07, 6.45) is -2.19. The van der Waals surface area contributed by atoms with Gasteiger partial charge in [0.05, 0.1) is 0 Å². The molecule has 0 heterocycles. The van der Waals surface area contributed by atoms with Gasteiger partial charge in [0, 0.05) is 5.56 Å². The van der Waals surface area contributed by atoms with Gasteiger partial charge in [-0.3, -0.25) is 0 Å². The van der Waals surface area contributed by atoms with Gasteiger partial charge in [-0.25, -0.2) is 0 Å². The summed E-state index contributed by atoms with van der Waals surface area (Å²) < 4.78 is 55.0. The lowest BCUT2D eigenvalue weighted by atomic mass is 10.1. The topological polar surface area (TPSA) is 43.4 Å². The second kappa shape index (κ2) is 6.27. The van der Waals surface area contributed by atoms with Gasteiger partial charge in [-0.05, 0) is 26.0 Å². The lowest BCUT2D eigenvalue weighted by Crippen LogP contribution is -2.06. The number of hydrogen-bond acceptors (Lipinski definition) is 3. The molecular weight excluding hydrogens is 310 g/mol. The summed E-state index contributed by atoms with van der Waals surface area (Å²) in [5.41, 5.74) is 1.72. The summed E-state index contributed by atoms with van der Waals surface area (Å²) >= 11 is 0. The molecule has 2 aromatic carbocycles. The predicted molar refractivity (Wildman–Crippen MR) is 79.8 cm³/mol. The molecule has 6 heteroatoms. The highest BCUT2D eigenvalue weighted by Crippen LogP contribution is 2.27. The highest BCUT2D eigenvalue weighted by molar-refractivity contribution is 7.87. The largest absolute Gasteiger partial charge is 0.373 e. The molecule has 0 N–H and O–H groups in total. The number of halogens is 2. The third-order valence-electron chi connectivity index (χ3n) is 2.99. The fraction of sp³-hybridized carbons (Fsp3) is 0.125. The van der Waals surface area contributed by atoms with E-state index in [2.05, 4.69) is 4.18 Å². The van der Waals surface area contributed by atoms with Gasteiger partial charge >= 0.3 is 16.2 Å². The summed E-state index contributed by atoms with van der Waals surface area (Å²) in [6, 6.07) is 11.7. The first-order valence-electron chi connectivity index (χ1n) is 6.43. The van der Waals surface area contributed by atoms with Crippen molar-refractivity contribution >= 4 is 15.9 Å². The third kappa shape index (κ3) is 3.71. The van der Waals surface area contributed by atoms with Crippen LogP contribution in [0.15, 0.2) is 59.5 Å². The van der Waals surface area contributed by atoms with Crippen LogP contribution in [-0.4, -0.2) is 8.42 Å². The zero-order chi connectivity index (χ0) is 16.3. The molecule has 0 aliphatic heterocycles. The molecule has 0 atom stereocenters. The van der Waals surface area contributed by atoms with E-state index in [4.69, 9.17) is 0 Å². The van der Waals surface area contributed by atoms with Crippen LogP contribution >= 0.6 is 0 Å². The number of benzene rings is 2. The van der Waals surface area contributed by atoms with Crippen LogP contribution < -0.4 is 0 Å². The Morgan fingerprint density at radius 2 is 1.32 bits per heavy atom. The maximum absolute atomic E-state index is 13.1. The van der Waals surface area contributed by atoms with Crippen molar-refractivity contribution in [1.82, 2.24) is 0 Å². The van der Waals surface area contributed by atoms with Crippen LogP contribution in [0.2, 0.25) is 0 Å². The Bertz CT molecular complexity index is 788. The molecule has 2 aromatic rings. The number of aryl methyl sites for hydroxylation is 2. The summed E-state index contributed by atoms with van der Waals surface area (Å²) in [6.45, 7) is 3.58. The monoisotopic (exact) mass is 324 g/mol. The Balaban J connectivity index is 2.38. The van der Waals surface area contributed by atoms with Crippen molar-refractivity contribution in [2.45, 2.75) is 18.7 Å². The third-order valence-corrected chi connectivity index (χ3v) is 4.22. The molecule has 0 saturated carbocycles. The molecule has 0 amide bonds. The van der Waals surface area contributed by atoms with Crippen molar-refractivity contribution in [2.75, 3.05) is 0 Å². The second-order valence-electron chi connectivity index (χ2n) is 4.81. The second-order valence-corrected chi connectivity index (χ2v) is 6.35. The minimum Gasteiger partial charge on any atom is -0.373 e. The van der Waals surface area contributed by atoms with E-state index in [1.165, 1.54) is 24.3 Å². The van der Waals surface area contributed by atoms with E-state index in [1.807, 2.05) is 0 Å². The number of rotatable bonds is 4. The van der Waals surface area contributed by atoms with Crippen LogP contribution in [0.3, 0.4) is 0 Å². The van der Waals surface area contributed by atoms with E-state index in [1.54, 1.807) is 38.1 Å². The van der Waals surface area contributed by atoms with Crippen LogP contribution in [0.4, 0.5) is 8.78 Å². The fourth-order valence-electron chi connectivity index (χ4n) is 1.76. The van der Waals surface area contributed by atoms with Crippen LogP contribution in [0, 0.1) is 13.8 Å². The SMILES string of the molecule is Cc1ccc(C(OS(=O)(=O)c2ccc(C)cc2)=C(F)F)cc1. The van der Waals surface area contributed by atoms with E-state index in [0.29, 0.717) is 0 Å². The molecule has 0 saturated heterocycles. The van der Waals surface area contributed by atoms with E-state index in [0.717, 1.165) is 11.1 Å². The summed E-state index contributed by atoms with van der Waals surface area (Å²) in [7, 11) is -4.32. The lowest BCUT2D eigenvalue weighted by Gasteiger charge is -2.10. The normalized spacial score (nSPS) is 11.1. The predicted octanol–water partition coefficient (Wildman–Crippen LogP) is 4.27. The quantitative estimate of drug-likeness (QED) is 0.623. The molecule has 3 nitrogen and oxygen atoms in total. The Morgan fingerprint density at radius 3 is 1.77 bits per heavy atom. The lowest BCUT2D eigenvalue weighted by molar-refractivity contribution is 0.381. The van der Waals surface area contributed by atoms with Crippen molar-refractivity contribution in [3.63, 3.8) is 0 Å². The summed E-state index contributed by atoms with van der Waals surface area (Å²) in [5.74, 6) is -0.958. The zero-order valence-electron chi connectivity index (χ0n) is 12.0. The van der Waals surface area contributed by atoms with Crippen molar-refractivity contribution < 1.29 is 21.4 Å². The Hall–Kier alpha value is -2.21. The molecule has 116 valence electrons. The van der Waals surface area contributed by atoms with Crippen molar-refractivity contribution in [3.05, 3.63) is 71.3 Å². The van der Waals surface area contributed by atoms with E-state index in [9.17, 15) is 17.2 Å². The molecule has 0 fully saturated rings. The van der Waals surface area contributed by atoms with Crippen molar-refractivity contribution in [3.8, 4) is 0 Å². The standard InChI is InChI=1S/C16H14F2O3S/c1-11-3-7-13(8-4-11)15(16(17)18)21-22(19,20)14-9-5-12(2)6-10-14/h3-10H,1-2H3. The van der Waals surface area contributed by atoms with Gasteiger partial charge in [0.25, 0.3) is 0 Å². The zero-order valence-corrected chi connectivity index (χ0v) is 12.8. The van der Waals surface area contributed by atoms with Crippen LogP contribution in [0.25, 0.3) is 5.76 Å². The van der Waals surface area contributed by atoms with E-state index in [-0.39, 0.29) is 10.5 Å². The molecule has 0 bridgehead atoms. The molecule has 0 aliphatic rings. The van der Waals surface area contributed by atoms with Crippen LogP contribution in [0.1, 0.15) is 16.7 Å². The van der Waals surface area contributed by atoms with Gasteiger partial charge in [-0.15, -0.1) is 0 Å². The molecule has 0 aromatic heterocycles. The molecule has 0 spiro atoms. The summed E-state index contributed by atoms with van der Waals surface area (Å²) in [4.78, 5) is -0.177.